The van der Waals surface area contributed by atoms with Gasteiger partial charge >= 0.3 is 0 Å². The van der Waals surface area contributed by atoms with Crippen LogP contribution in [-0.2, 0) is 16.0 Å². The van der Waals surface area contributed by atoms with Crippen LogP contribution in [0.15, 0.2) is 47.0 Å². The number of hydrogen-bond donors (Lipinski definition) is 2. The van der Waals surface area contributed by atoms with Gasteiger partial charge in [-0.05, 0) is 37.7 Å². The fraction of sp³-hybridized carbons (Fsp3) is 0.625. The maximum Gasteiger partial charge on any atom is 0.190 e. The number of hydrogen-bond acceptors (Lipinski definition) is 4. The number of ether oxygens (including phenoxy) is 2. The second-order valence-corrected chi connectivity index (χ2v) is 8.05. The Kier molecular flexibility index (Phi) is 10.2. The smallest absolute Gasteiger partial charge is 0.190 e. The number of guanidine groups is 1. The van der Waals surface area contributed by atoms with Crippen molar-refractivity contribution in [2.45, 2.75) is 44.8 Å². The van der Waals surface area contributed by atoms with Gasteiger partial charge in [-0.3, -0.25) is 9.89 Å². The van der Waals surface area contributed by atoms with Crippen LogP contribution >= 0.6 is 0 Å². The molecule has 0 aliphatic carbocycles. The summed E-state index contributed by atoms with van der Waals surface area (Å²) in [6.45, 7) is 7.49. The third kappa shape index (κ3) is 8.46. The number of aliphatic imine (C=N–C) groups is 1. The number of nitrogens with zero attached hydrogens (tertiary/aromatic N) is 2. The van der Waals surface area contributed by atoms with E-state index in [1.54, 1.807) is 0 Å². The predicted molar refractivity (Wildman–Crippen MR) is 123 cm³/mol. The Labute approximate surface area is 181 Å². The molecule has 2 aliphatic heterocycles. The Hall–Kier alpha value is -1.89. The van der Waals surface area contributed by atoms with E-state index in [-0.39, 0.29) is 0 Å². The van der Waals surface area contributed by atoms with Crippen molar-refractivity contribution in [3.8, 4) is 0 Å². The van der Waals surface area contributed by atoms with Crippen LogP contribution in [0.1, 0.15) is 37.7 Å². The fourth-order valence-electron chi connectivity index (χ4n) is 3.96. The van der Waals surface area contributed by atoms with Gasteiger partial charge in [-0.15, -0.1) is 0 Å². The van der Waals surface area contributed by atoms with Gasteiger partial charge in [0, 0.05) is 46.4 Å². The first kappa shape index (κ1) is 22.8. The van der Waals surface area contributed by atoms with E-state index in [9.17, 15) is 0 Å². The van der Waals surface area contributed by atoms with Gasteiger partial charge in [-0.1, -0.05) is 42.0 Å². The highest BCUT2D eigenvalue weighted by Crippen LogP contribution is 2.16. The second kappa shape index (κ2) is 13.4. The quantitative estimate of drug-likeness (QED) is 0.267. The number of benzene rings is 1. The maximum atomic E-state index is 6.11. The molecule has 0 saturated carbocycles. The van der Waals surface area contributed by atoms with E-state index in [0.717, 1.165) is 90.6 Å². The summed E-state index contributed by atoms with van der Waals surface area (Å²) in [7, 11) is 1.82. The van der Waals surface area contributed by atoms with Gasteiger partial charge in [-0.2, -0.15) is 0 Å². The van der Waals surface area contributed by atoms with Crippen molar-refractivity contribution in [1.29, 1.82) is 0 Å². The second-order valence-electron chi connectivity index (χ2n) is 8.05. The molecule has 0 aromatic heterocycles. The summed E-state index contributed by atoms with van der Waals surface area (Å²) in [6, 6.07) is 10.7. The summed E-state index contributed by atoms with van der Waals surface area (Å²) >= 11 is 0. The lowest BCUT2D eigenvalue weighted by molar-refractivity contribution is 0.00534. The lowest BCUT2D eigenvalue weighted by Gasteiger charge is -2.32. The molecule has 0 unspecified atom stereocenters. The third-order valence-electron chi connectivity index (χ3n) is 5.77. The molecule has 6 nitrogen and oxygen atoms in total. The van der Waals surface area contributed by atoms with Crippen molar-refractivity contribution in [3.05, 3.63) is 47.5 Å². The molecule has 0 bridgehead atoms. The van der Waals surface area contributed by atoms with Crippen molar-refractivity contribution >= 4 is 5.96 Å². The Morgan fingerprint density at radius 1 is 1.17 bits per heavy atom. The van der Waals surface area contributed by atoms with Crippen LogP contribution in [0.4, 0.5) is 0 Å². The predicted octanol–water partition coefficient (Wildman–Crippen LogP) is 2.96. The highest BCUT2D eigenvalue weighted by atomic mass is 16.5. The lowest BCUT2D eigenvalue weighted by Crippen LogP contribution is -2.39. The Balaban J connectivity index is 1.20. The first-order valence-corrected chi connectivity index (χ1v) is 11.4. The maximum absolute atomic E-state index is 6.11. The molecule has 2 heterocycles. The van der Waals surface area contributed by atoms with Crippen molar-refractivity contribution in [1.82, 2.24) is 15.5 Å². The molecule has 1 saturated heterocycles. The molecule has 1 aromatic rings. The van der Waals surface area contributed by atoms with E-state index in [0.29, 0.717) is 6.10 Å². The molecular weight excluding hydrogens is 376 g/mol. The van der Waals surface area contributed by atoms with E-state index in [1.165, 1.54) is 11.1 Å². The number of piperidine rings is 1. The summed E-state index contributed by atoms with van der Waals surface area (Å²) in [5.74, 6) is 0.872. The molecule has 6 heteroatoms. The normalized spacial score (nSPS) is 18.8. The zero-order valence-corrected chi connectivity index (χ0v) is 18.4. The molecule has 0 atom stereocenters. The summed E-state index contributed by atoms with van der Waals surface area (Å²) in [6.07, 6.45) is 7.96. The SMILES string of the molecule is CN=C(NCCCOC1CCN(Cc2ccccc2)CC1)NCCC1=CCOCC1. The van der Waals surface area contributed by atoms with E-state index in [2.05, 4.69) is 56.9 Å². The third-order valence-corrected chi connectivity index (χ3v) is 5.77. The van der Waals surface area contributed by atoms with Crippen LogP contribution < -0.4 is 10.6 Å². The Morgan fingerprint density at radius 3 is 2.70 bits per heavy atom. The summed E-state index contributed by atoms with van der Waals surface area (Å²) in [4.78, 5) is 6.84. The number of nitrogens with one attached hydrogen (secondary N) is 2. The van der Waals surface area contributed by atoms with Gasteiger partial charge in [-0.25, -0.2) is 0 Å². The Bertz CT molecular complexity index is 654. The minimum absolute atomic E-state index is 0.405. The van der Waals surface area contributed by atoms with Crippen LogP contribution in [0, 0.1) is 0 Å². The zero-order chi connectivity index (χ0) is 20.9. The minimum Gasteiger partial charge on any atom is -0.378 e. The molecule has 166 valence electrons. The zero-order valence-electron chi connectivity index (χ0n) is 18.4. The van der Waals surface area contributed by atoms with Crippen molar-refractivity contribution < 1.29 is 9.47 Å². The lowest BCUT2D eigenvalue weighted by atomic mass is 10.1. The summed E-state index contributed by atoms with van der Waals surface area (Å²) in [5, 5.41) is 6.78. The topological polar surface area (TPSA) is 58.1 Å². The van der Waals surface area contributed by atoms with Crippen LogP contribution in [0.2, 0.25) is 0 Å². The van der Waals surface area contributed by atoms with Gasteiger partial charge in [0.1, 0.15) is 0 Å². The minimum atomic E-state index is 0.405. The van der Waals surface area contributed by atoms with Gasteiger partial charge in [0.25, 0.3) is 0 Å². The van der Waals surface area contributed by atoms with Crippen molar-refractivity contribution in [2.24, 2.45) is 4.99 Å². The van der Waals surface area contributed by atoms with E-state index < -0.39 is 0 Å². The summed E-state index contributed by atoms with van der Waals surface area (Å²) in [5.41, 5.74) is 2.88. The van der Waals surface area contributed by atoms with Gasteiger partial charge < -0.3 is 20.1 Å². The molecule has 0 amide bonds. The molecule has 0 spiro atoms. The molecule has 30 heavy (non-hydrogen) atoms. The molecule has 0 radical (unpaired) electrons. The molecule has 1 fully saturated rings. The van der Waals surface area contributed by atoms with Gasteiger partial charge in [0.05, 0.1) is 19.3 Å². The first-order valence-electron chi connectivity index (χ1n) is 11.4. The van der Waals surface area contributed by atoms with Gasteiger partial charge in [0.15, 0.2) is 5.96 Å². The number of rotatable bonds is 10. The van der Waals surface area contributed by atoms with E-state index in [1.807, 2.05) is 7.05 Å². The molecule has 2 N–H and O–H groups in total. The number of likely N-dealkylation sites (tertiary alicyclic amines) is 1. The van der Waals surface area contributed by atoms with Crippen molar-refractivity contribution in [3.63, 3.8) is 0 Å². The van der Waals surface area contributed by atoms with Crippen LogP contribution in [0.25, 0.3) is 0 Å². The van der Waals surface area contributed by atoms with Crippen LogP contribution in [0.3, 0.4) is 0 Å². The van der Waals surface area contributed by atoms with Crippen LogP contribution in [-0.4, -0.2) is 70.0 Å². The molecule has 3 rings (SSSR count). The average molecular weight is 415 g/mol. The van der Waals surface area contributed by atoms with E-state index in [4.69, 9.17) is 9.47 Å². The highest BCUT2D eigenvalue weighted by molar-refractivity contribution is 5.79. The average Bonchev–Trinajstić information content (AvgIpc) is 2.80. The Morgan fingerprint density at radius 2 is 1.97 bits per heavy atom. The van der Waals surface area contributed by atoms with E-state index >= 15 is 0 Å². The molecule has 2 aliphatic rings. The summed E-state index contributed by atoms with van der Waals surface area (Å²) < 4.78 is 11.5. The monoisotopic (exact) mass is 414 g/mol. The standard InChI is InChI=1S/C24H38N4O2/c1-25-24(27-14-8-21-11-18-29-19-12-21)26-13-5-17-30-23-9-15-28(16-10-23)20-22-6-3-2-4-7-22/h2-4,6-7,11,23H,5,8-10,12-20H2,1H3,(H2,25,26,27). The molecular formula is C24H38N4O2. The molecule has 1 aromatic carbocycles. The van der Waals surface area contributed by atoms with Crippen molar-refractivity contribution in [2.75, 3.05) is 53.0 Å². The fourth-order valence-corrected chi connectivity index (χ4v) is 3.96. The highest BCUT2D eigenvalue weighted by Gasteiger charge is 2.19. The van der Waals surface area contributed by atoms with Gasteiger partial charge in [0.2, 0.25) is 0 Å². The van der Waals surface area contributed by atoms with Crippen LogP contribution in [0.5, 0.6) is 0 Å². The largest absolute Gasteiger partial charge is 0.378 e. The first-order chi connectivity index (χ1) is 14.8.